The molecule has 0 unspecified atom stereocenters. The predicted molar refractivity (Wildman–Crippen MR) is 86.5 cm³/mol. The van der Waals surface area contributed by atoms with Gasteiger partial charge < -0.3 is 15.4 Å². The Bertz CT molecular complexity index is 819. The monoisotopic (exact) mass is 309 g/mol. The summed E-state index contributed by atoms with van der Waals surface area (Å²) in [7, 11) is 3.86. The summed E-state index contributed by atoms with van der Waals surface area (Å²) in [5, 5.41) is 9.47. The smallest absolute Gasteiger partial charge is 0.205 e. The lowest BCUT2D eigenvalue weighted by molar-refractivity contribution is 0.394. The van der Waals surface area contributed by atoms with Crippen molar-refractivity contribution in [1.82, 2.24) is 0 Å². The standard InChI is InChI=1S/C18H16FN3O/c1-22(2)13-7-8-14-16(9-13)23-18(21)15(10-20)17(14)11-3-5-12(19)6-4-11/h3-9,17H,21H2,1-2H3/t17-/m1/s1. The lowest BCUT2D eigenvalue weighted by atomic mass is 9.83. The maximum atomic E-state index is 13.2. The average Bonchev–Trinajstić information content (AvgIpc) is 2.53. The molecular weight excluding hydrogens is 293 g/mol. The van der Waals surface area contributed by atoms with Crippen molar-refractivity contribution in [2.24, 2.45) is 5.73 Å². The zero-order chi connectivity index (χ0) is 16.6. The number of halogens is 1. The number of hydrogen-bond donors (Lipinski definition) is 1. The first-order valence-electron chi connectivity index (χ1n) is 7.15. The number of rotatable bonds is 2. The highest BCUT2D eigenvalue weighted by Gasteiger charge is 2.30. The molecule has 0 bridgehead atoms. The summed E-state index contributed by atoms with van der Waals surface area (Å²) in [5.41, 5.74) is 8.88. The van der Waals surface area contributed by atoms with E-state index < -0.39 is 0 Å². The molecule has 2 N–H and O–H groups in total. The van der Waals surface area contributed by atoms with E-state index in [2.05, 4.69) is 6.07 Å². The molecule has 4 nitrogen and oxygen atoms in total. The fraction of sp³-hybridized carbons (Fsp3) is 0.167. The lowest BCUT2D eigenvalue weighted by Gasteiger charge is -2.27. The molecule has 0 amide bonds. The van der Waals surface area contributed by atoms with E-state index in [1.54, 1.807) is 12.1 Å². The molecule has 0 aliphatic carbocycles. The topological polar surface area (TPSA) is 62.3 Å². The first-order valence-corrected chi connectivity index (χ1v) is 7.15. The zero-order valence-electron chi connectivity index (χ0n) is 12.9. The Balaban J connectivity index is 2.17. The maximum absolute atomic E-state index is 13.2. The molecule has 1 atom stereocenters. The summed E-state index contributed by atoms with van der Waals surface area (Å²) in [4.78, 5) is 1.95. The Morgan fingerprint density at radius 2 is 1.87 bits per heavy atom. The molecule has 0 spiro atoms. The first-order chi connectivity index (χ1) is 11.0. The van der Waals surface area contributed by atoms with Gasteiger partial charge in [0.2, 0.25) is 5.88 Å². The minimum absolute atomic E-state index is 0.0882. The van der Waals surface area contributed by atoms with Gasteiger partial charge in [-0.05, 0) is 23.8 Å². The summed E-state index contributed by atoms with van der Waals surface area (Å²) in [6, 6.07) is 14.0. The van der Waals surface area contributed by atoms with Crippen LogP contribution in [-0.2, 0) is 0 Å². The number of benzene rings is 2. The van der Waals surface area contributed by atoms with Crippen molar-refractivity contribution in [3.8, 4) is 11.8 Å². The molecule has 2 aromatic carbocycles. The minimum Gasteiger partial charge on any atom is -0.440 e. The van der Waals surface area contributed by atoms with Crippen molar-refractivity contribution >= 4 is 5.69 Å². The average molecular weight is 309 g/mol. The van der Waals surface area contributed by atoms with Gasteiger partial charge in [0.15, 0.2) is 0 Å². The van der Waals surface area contributed by atoms with E-state index in [0.717, 1.165) is 16.8 Å². The summed E-state index contributed by atoms with van der Waals surface area (Å²) in [6.45, 7) is 0. The molecule has 116 valence electrons. The van der Waals surface area contributed by atoms with Crippen molar-refractivity contribution in [3.63, 3.8) is 0 Å². The van der Waals surface area contributed by atoms with Gasteiger partial charge >= 0.3 is 0 Å². The number of fused-ring (bicyclic) bond motifs is 1. The number of ether oxygens (including phenoxy) is 1. The summed E-state index contributed by atoms with van der Waals surface area (Å²) < 4.78 is 18.9. The van der Waals surface area contributed by atoms with Crippen LogP contribution < -0.4 is 15.4 Å². The zero-order valence-corrected chi connectivity index (χ0v) is 12.9. The van der Waals surface area contributed by atoms with E-state index in [1.165, 1.54) is 12.1 Å². The predicted octanol–water partition coefficient (Wildman–Crippen LogP) is 3.11. The van der Waals surface area contributed by atoms with Gasteiger partial charge in [0.1, 0.15) is 23.2 Å². The van der Waals surface area contributed by atoms with Gasteiger partial charge in [-0.2, -0.15) is 5.26 Å². The molecule has 0 fully saturated rings. The number of nitriles is 1. The molecule has 2 aromatic rings. The van der Waals surface area contributed by atoms with Crippen LogP contribution in [0.15, 0.2) is 53.9 Å². The normalized spacial score (nSPS) is 16.3. The van der Waals surface area contributed by atoms with Gasteiger partial charge in [0.05, 0.1) is 5.92 Å². The van der Waals surface area contributed by atoms with Crippen molar-refractivity contribution in [2.45, 2.75) is 5.92 Å². The van der Waals surface area contributed by atoms with E-state index >= 15 is 0 Å². The second kappa shape index (κ2) is 5.65. The Hall–Kier alpha value is -3.00. The van der Waals surface area contributed by atoms with Crippen molar-refractivity contribution in [3.05, 3.63) is 70.9 Å². The highest BCUT2D eigenvalue weighted by Crippen LogP contribution is 2.43. The number of nitrogens with two attached hydrogens (primary N) is 1. The molecule has 0 aromatic heterocycles. The van der Waals surface area contributed by atoms with Crippen LogP contribution in [0.1, 0.15) is 17.0 Å². The molecule has 0 saturated carbocycles. The van der Waals surface area contributed by atoms with E-state index in [-0.39, 0.29) is 17.6 Å². The molecule has 1 aliphatic rings. The fourth-order valence-corrected chi connectivity index (χ4v) is 2.72. The maximum Gasteiger partial charge on any atom is 0.205 e. The third-order valence-electron chi connectivity index (χ3n) is 3.92. The van der Waals surface area contributed by atoms with E-state index in [0.29, 0.717) is 11.3 Å². The second-order valence-electron chi connectivity index (χ2n) is 5.59. The highest BCUT2D eigenvalue weighted by molar-refractivity contribution is 5.61. The molecule has 1 heterocycles. The third-order valence-corrected chi connectivity index (χ3v) is 3.92. The van der Waals surface area contributed by atoms with Gasteiger partial charge in [-0.15, -0.1) is 0 Å². The number of hydrogen-bond acceptors (Lipinski definition) is 4. The van der Waals surface area contributed by atoms with Crippen LogP contribution in [0.4, 0.5) is 10.1 Å². The first kappa shape index (κ1) is 14.9. The van der Waals surface area contributed by atoms with Crippen molar-refractivity contribution < 1.29 is 9.13 Å². The third kappa shape index (κ3) is 2.59. The summed E-state index contributed by atoms with van der Waals surface area (Å²) in [6.07, 6.45) is 0. The molecule has 0 radical (unpaired) electrons. The van der Waals surface area contributed by atoms with Gasteiger partial charge in [-0.3, -0.25) is 0 Å². The largest absolute Gasteiger partial charge is 0.440 e. The van der Waals surface area contributed by atoms with Gasteiger partial charge in [0.25, 0.3) is 0 Å². The molecular formula is C18H16FN3O. The van der Waals surface area contributed by atoms with Crippen LogP contribution in [0, 0.1) is 17.1 Å². The van der Waals surface area contributed by atoms with Crippen LogP contribution in [0.25, 0.3) is 0 Å². The summed E-state index contributed by atoms with van der Waals surface area (Å²) >= 11 is 0. The Kier molecular flexibility index (Phi) is 3.67. The van der Waals surface area contributed by atoms with Gasteiger partial charge in [-0.25, -0.2) is 4.39 Å². The van der Waals surface area contributed by atoms with Gasteiger partial charge in [-0.1, -0.05) is 18.2 Å². The van der Waals surface area contributed by atoms with Crippen LogP contribution >= 0.6 is 0 Å². The fourth-order valence-electron chi connectivity index (χ4n) is 2.72. The number of allylic oxidation sites excluding steroid dienone is 1. The van der Waals surface area contributed by atoms with E-state index in [1.807, 2.05) is 37.2 Å². The number of anilines is 1. The lowest BCUT2D eigenvalue weighted by Crippen LogP contribution is -2.21. The number of nitrogens with zero attached hydrogens (tertiary/aromatic N) is 2. The van der Waals surface area contributed by atoms with E-state index in [4.69, 9.17) is 10.5 Å². The Labute approximate surface area is 134 Å². The van der Waals surface area contributed by atoms with Crippen LogP contribution in [0.2, 0.25) is 0 Å². The quantitative estimate of drug-likeness (QED) is 0.926. The summed E-state index contributed by atoms with van der Waals surface area (Å²) in [5.74, 6) is 0.0206. The highest BCUT2D eigenvalue weighted by atomic mass is 19.1. The molecule has 1 aliphatic heterocycles. The van der Waals surface area contributed by atoms with Crippen LogP contribution in [-0.4, -0.2) is 14.1 Å². The molecule has 23 heavy (non-hydrogen) atoms. The molecule has 3 rings (SSSR count). The molecule has 0 saturated heterocycles. The Morgan fingerprint density at radius 1 is 1.17 bits per heavy atom. The van der Waals surface area contributed by atoms with Gasteiger partial charge in [0, 0.05) is 31.4 Å². The molecule has 5 heteroatoms. The Morgan fingerprint density at radius 3 is 2.48 bits per heavy atom. The van der Waals surface area contributed by atoms with Crippen molar-refractivity contribution in [1.29, 1.82) is 5.26 Å². The second-order valence-corrected chi connectivity index (χ2v) is 5.59. The van der Waals surface area contributed by atoms with Crippen LogP contribution in [0.3, 0.4) is 0 Å². The van der Waals surface area contributed by atoms with E-state index in [9.17, 15) is 9.65 Å². The van der Waals surface area contributed by atoms with Crippen LogP contribution in [0.5, 0.6) is 5.75 Å². The SMILES string of the molecule is CN(C)c1ccc2c(c1)OC(N)=C(C#N)[C@@H]2c1ccc(F)cc1. The minimum atomic E-state index is -0.361. The van der Waals surface area contributed by atoms with Crippen molar-refractivity contribution in [2.75, 3.05) is 19.0 Å².